The van der Waals surface area contributed by atoms with Gasteiger partial charge in [0.1, 0.15) is 12.4 Å². The lowest BCUT2D eigenvalue weighted by atomic mass is 10.1. The van der Waals surface area contributed by atoms with Crippen LogP contribution in [0.4, 0.5) is 0 Å². The fourth-order valence-corrected chi connectivity index (χ4v) is 4.13. The molecule has 0 radical (unpaired) electrons. The standard InChI is InChI=1S/C19H25NO5S/c1-13(12-25-18-9-7-6-8-17(18)24-5)20-26(21,22)19-11-10-16(23-4)14(2)15(19)3/h6-11,13,20H,12H2,1-5H3/t13-/m0/s1. The fraction of sp³-hybridized carbons (Fsp3) is 0.368. The highest BCUT2D eigenvalue weighted by Gasteiger charge is 2.22. The second kappa shape index (κ2) is 8.42. The van der Waals surface area contributed by atoms with E-state index in [1.165, 1.54) is 0 Å². The van der Waals surface area contributed by atoms with E-state index in [0.717, 1.165) is 5.56 Å². The number of hydrogen-bond acceptors (Lipinski definition) is 5. The van der Waals surface area contributed by atoms with Gasteiger partial charge in [-0.25, -0.2) is 13.1 Å². The molecule has 0 heterocycles. The molecule has 1 N–H and O–H groups in total. The van der Waals surface area contributed by atoms with E-state index in [0.29, 0.717) is 22.8 Å². The molecule has 26 heavy (non-hydrogen) atoms. The van der Waals surface area contributed by atoms with Crippen LogP contribution in [-0.4, -0.2) is 35.3 Å². The molecular weight excluding hydrogens is 354 g/mol. The van der Waals surface area contributed by atoms with Gasteiger partial charge >= 0.3 is 0 Å². The number of rotatable bonds is 8. The zero-order valence-corrected chi connectivity index (χ0v) is 16.5. The molecule has 0 bridgehead atoms. The molecule has 0 amide bonds. The number of benzene rings is 2. The monoisotopic (exact) mass is 379 g/mol. The van der Waals surface area contributed by atoms with E-state index in [9.17, 15) is 8.42 Å². The minimum absolute atomic E-state index is 0.174. The van der Waals surface area contributed by atoms with Crippen molar-refractivity contribution in [1.82, 2.24) is 4.72 Å². The number of methoxy groups -OCH3 is 2. The van der Waals surface area contributed by atoms with Crippen molar-refractivity contribution in [1.29, 1.82) is 0 Å². The van der Waals surface area contributed by atoms with Crippen LogP contribution in [0.5, 0.6) is 17.2 Å². The van der Waals surface area contributed by atoms with Gasteiger partial charge in [0, 0.05) is 0 Å². The number of nitrogens with one attached hydrogen (secondary N) is 1. The molecule has 0 unspecified atom stereocenters. The summed E-state index contributed by atoms with van der Waals surface area (Å²) in [6.45, 7) is 5.52. The maximum Gasteiger partial charge on any atom is 0.241 e. The molecule has 0 aliphatic rings. The van der Waals surface area contributed by atoms with Crippen LogP contribution < -0.4 is 18.9 Å². The molecule has 0 spiro atoms. The van der Waals surface area contributed by atoms with E-state index < -0.39 is 16.1 Å². The Morgan fingerprint density at radius 1 is 0.923 bits per heavy atom. The molecule has 0 aromatic heterocycles. The number of para-hydroxylation sites is 2. The van der Waals surface area contributed by atoms with E-state index in [4.69, 9.17) is 14.2 Å². The fourth-order valence-electron chi connectivity index (χ4n) is 2.60. The summed E-state index contributed by atoms with van der Waals surface area (Å²) in [4.78, 5) is 0.236. The van der Waals surface area contributed by atoms with Crippen LogP contribution in [0.3, 0.4) is 0 Å². The van der Waals surface area contributed by atoms with Gasteiger partial charge < -0.3 is 14.2 Å². The van der Waals surface area contributed by atoms with Crippen LogP contribution >= 0.6 is 0 Å². The molecule has 7 heteroatoms. The zero-order valence-electron chi connectivity index (χ0n) is 15.7. The second-order valence-electron chi connectivity index (χ2n) is 6.00. The average molecular weight is 379 g/mol. The van der Waals surface area contributed by atoms with Crippen LogP contribution in [0.15, 0.2) is 41.3 Å². The first-order valence-corrected chi connectivity index (χ1v) is 9.70. The van der Waals surface area contributed by atoms with Crippen LogP contribution in [0, 0.1) is 13.8 Å². The van der Waals surface area contributed by atoms with Gasteiger partial charge in [0.25, 0.3) is 0 Å². The van der Waals surface area contributed by atoms with Gasteiger partial charge in [0.2, 0.25) is 10.0 Å². The van der Waals surface area contributed by atoms with Crippen molar-refractivity contribution in [2.45, 2.75) is 31.7 Å². The van der Waals surface area contributed by atoms with Gasteiger partial charge in [-0.3, -0.25) is 0 Å². The average Bonchev–Trinajstić information content (AvgIpc) is 2.61. The van der Waals surface area contributed by atoms with Crippen molar-refractivity contribution < 1.29 is 22.6 Å². The van der Waals surface area contributed by atoms with Crippen molar-refractivity contribution in [3.8, 4) is 17.2 Å². The van der Waals surface area contributed by atoms with E-state index in [1.807, 2.05) is 19.1 Å². The summed E-state index contributed by atoms with van der Waals surface area (Å²) in [6, 6.07) is 10.0. The van der Waals surface area contributed by atoms with E-state index in [1.54, 1.807) is 52.3 Å². The Kier molecular flexibility index (Phi) is 6.50. The molecule has 2 aromatic carbocycles. The molecule has 0 aliphatic heterocycles. The van der Waals surface area contributed by atoms with Gasteiger partial charge in [-0.2, -0.15) is 0 Å². The van der Waals surface area contributed by atoms with Gasteiger partial charge in [-0.1, -0.05) is 12.1 Å². The Balaban J connectivity index is 2.10. The maximum atomic E-state index is 12.7. The topological polar surface area (TPSA) is 73.9 Å². The second-order valence-corrected chi connectivity index (χ2v) is 7.68. The van der Waals surface area contributed by atoms with Crippen LogP contribution in [0.25, 0.3) is 0 Å². The van der Waals surface area contributed by atoms with Crippen LogP contribution in [-0.2, 0) is 10.0 Å². The predicted octanol–water partition coefficient (Wildman–Crippen LogP) is 3.07. The summed E-state index contributed by atoms with van der Waals surface area (Å²) in [5.74, 6) is 1.83. The predicted molar refractivity (Wildman–Crippen MR) is 101 cm³/mol. The SMILES string of the molecule is COc1ccccc1OC[C@H](C)NS(=O)(=O)c1ccc(OC)c(C)c1C. The number of sulfonamides is 1. The third-order valence-electron chi connectivity index (χ3n) is 4.11. The zero-order chi connectivity index (χ0) is 19.3. The third-order valence-corrected chi connectivity index (χ3v) is 5.85. The third kappa shape index (κ3) is 4.47. The molecule has 0 aliphatic carbocycles. The lowest BCUT2D eigenvalue weighted by molar-refractivity contribution is 0.271. The highest BCUT2D eigenvalue weighted by Crippen LogP contribution is 2.27. The molecule has 142 valence electrons. The van der Waals surface area contributed by atoms with Crippen molar-refractivity contribution in [3.63, 3.8) is 0 Å². The molecule has 2 aromatic rings. The quantitative estimate of drug-likeness (QED) is 0.763. The van der Waals surface area contributed by atoms with Crippen molar-refractivity contribution in [2.24, 2.45) is 0 Å². The first-order valence-electron chi connectivity index (χ1n) is 8.22. The number of ether oxygens (including phenoxy) is 3. The minimum atomic E-state index is -3.67. The van der Waals surface area contributed by atoms with Gasteiger partial charge in [-0.15, -0.1) is 0 Å². The van der Waals surface area contributed by atoms with Crippen LogP contribution in [0.2, 0.25) is 0 Å². The summed E-state index contributed by atoms with van der Waals surface area (Å²) in [6.07, 6.45) is 0. The molecule has 6 nitrogen and oxygen atoms in total. The molecule has 1 atom stereocenters. The molecule has 2 rings (SSSR count). The lowest BCUT2D eigenvalue weighted by Crippen LogP contribution is -2.37. The van der Waals surface area contributed by atoms with Gasteiger partial charge in [-0.05, 0) is 56.2 Å². The van der Waals surface area contributed by atoms with Crippen molar-refractivity contribution >= 4 is 10.0 Å². The summed E-state index contributed by atoms with van der Waals surface area (Å²) in [5.41, 5.74) is 1.46. The highest BCUT2D eigenvalue weighted by molar-refractivity contribution is 7.89. The minimum Gasteiger partial charge on any atom is -0.496 e. The highest BCUT2D eigenvalue weighted by atomic mass is 32.2. The molecule has 0 saturated carbocycles. The Morgan fingerprint density at radius 2 is 1.54 bits per heavy atom. The Bertz CT molecular complexity index is 864. The van der Waals surface area contributed by atoms with Crippen molar-refractivity contribution in [2.75, 3.05) is 20.8 Å². The first kappa shape index (κ1) is 20.1. The van der Waals surface area contributed by atoms with E-state index in [2.05, 4.69) is 4.72 Å². The molecule has 0 saturated heterocycles. The number of hydrogen-bond donors (Lipinski definition) is 1. The van der Waals surface area contributed by atoms with Crippen molar-refractivity contribution in [3.05, 3.63) is 47.5 Å². The van der Waals surface area contributed by atoms with E-state index >= 15 is 0 Å². The summed E-state index contributed by atoms with van der Waals surface area (Å²) < 4.78 is 44.2. The summed E-state index contributed by atoms with van der Waals surface area (Å²) >= 11 is 0. The van der Waals surface area contributed by atoms with Gasteiger partial charge in [0.05, 0.1) is 25.2 Å². The summed E-state index contributed by atoms with van der Waals surface area (Å²) in [5, 5.41) is 0. The Labute approximate surface area is 155 Å². The summed E-state index contributed by atoms with van der Waals surface area (Å²) in [7, 11) is -0.555. The Morgan fingerprint density at radius 3 is 2.15 bits per heavy atom. The van der Waals surface area contributed by atoms with E-state index in [-0.39, 0.29) is 11.5 Å². The molecule has 0 fully saturated rings. The maximum absolute atomic E-state index is 12.7. The van der Waals surface area contributed by atoms with Gasteiger partial charge in [0.15, 0.2) is 11.5 Å². The lowest BCUT2D eigenvalue weighted by Gasteiger charge is -2.18. The smallest absolute Gasteiger partial charge is 0.241 e. The normalized spacial score (nSPS) is 12.5. The molecular formula is C19H25NO5S. The van der Waals surface area contributed by atoms with Crippen LogP contribution in [0.1, 0.15) is 18.1 Å². The Hall–Kier alpha value is -2.25. The largest absolute Gasteiger partial charge is 0.496 e. The first-order chi connectivity index (χ1) is 12.3.